The molecule has 2 saturated carbocycles. The zero-order valence-corrected chi connectivity index (χ0v) is 14.5. The second kappa shape index (κ2) is 6.98. The average Bonchev–Trinajstić information content (AvgIpc) is 3.47. The van der Waals surface area contributed by atoms with Gasteiger partial charge in [0.05, 0.1) is 11.9 Å². The van der Waals surface area contributed by atoms with Crippen LogP contribution >= 0.6 is 0 Å². The van der Waals surface area contributed by atoms with Gasteiger partial charge in [0.15, 0.2) is 0 Å². The van der Waals surface area contributed by atoms with Crippen molar-refractivity contribution in [2.75, 3.05) is 11.4 Å². The monoisotopic (exact) mass is 339 g/mol. The molecule has 0 atom stereocenters. The number of rotatable bonds is 6. The molecule has 0 saturated heterocycles. The van der Waals surface area contributed by atoms with Crippen molar-refractivity contribution in [2.45, 2.75) is 63.3 Å². The topological polar surface area (TPSA) is 66.3 Å². The molecule has 132 valence electrons. The van der Waals surface area contributed by atoms with Crippen LogP contribution in [0.5, 0.6) is 0 Å². The Bertz CT molecular complexity index is 767. The second-order valence-corrected chi connectivity index (χ2v) is 7.33. The quantitative estimate of drug-likeness (QED) is 0.857. The summed E-state index contributed by atoms with van der Waals surface area (Å²) < 4.78 is 0. The lowest BCUT2D eigenvalue weighted by molar-refractivity contribution is -0.136. The van der Waals surface area contributed by atoms with E-state index in [9.17, 15) is 9.90 Å². The highest BCUT2D eigenvalue weighted by atomic mass is 16.4. The van der Waals surface area contributed by atoms with Crippen molar-refractivity contribution in [3.8, 4) is 0 Å². The summed E-state index contributed by atoms with van der Waals surface area (Å²) in [5, 5.41) is 10.3. The molecule has 4 rings (SSSR count). The Balaban J connectivity index is 1.77. The van der Waals surface area contributed by atoms with E-state index in [0.29, 0.717) is 18.5 Å². The van der Waals surface area contributed by atoms with Crippen LogP contribution in [0.3, 0.4) is 0 Å². The number of anilines is 1. The predicted molar refractivity (Wildman–Crippen MR) is 98.0 cm³/mol. The number of carbonyl (C=O) groups is 1. The van der Waals surface area contributed by atoms with Crippen LogP contribution in [-0.2, 0) is 4.79 Å². The fraction of sp³-hybridized carbons (Fsp3) is 0.550. The molecule has 0 amide bonds. The van der Waals surface area contributed by atoms with Crippen molar-refractivity contribution in [2.24, 2.45) is 0 Å². The van der Waals surface area contributed by atoms with Gasteiger partial charge in [-0.1, -0.05) is 31.4 Å². The molecule has 2 aliphatic rings. The van der Waals surface area contributed by atoms with E-state index in [1.165, 1.54) is 19.3 Å². The SMILES string of the molecule is O=C(O)CCN(c1nc(C2CC2)nc2ccccc12)C1CCCCC1. The first kappa shape index (κ1) is 16.3. The van der Waals surface area contributed by atoms with Crippen LogP contribution in [0.4, 0.5) is 5.82 Å². The Morgan fingerprint density at radius 3 is 2.56 bits per heavy atom. The number of para-hydroxylation sites is 1. The molecule has 2 aliphatic carbocycles. The molecule has 0 spiro atoms. The maximum atomic E-state index is 11.2. The van der Waals surface area contributed by atoms with E-state index in [2.05, 4.69) is 11.0 Å². The molecule has 1 N–H and O–H groups in total. The Hall–Kier alpha value is -2.17. The highest BCUT2D eigenvalue weighted by Crippen LogP contribution is 2.40. The number of fused-ring (bicyclic) bond motifs is 1. The van der Waals surface area contributed by atoms with Crippen molar-refractivity contribution < 1.29 is 9.90 Å². The van der Waals surface area contributed by atoms with Crippen molar-refractivity contribution in [1.82, 2.24) is 9.97 Å². The number of benzene rings is 1. The van der Waals surface area contributed by atoms with E-state index in [-0.39, 0.29) is 6.42 Å². The van der Waals surface area contributed by atoms with Gasteiger partial charge in [0.2, 0.25) is 0 Å². The summed E-state index contributed by atoms with van der Waals surface area (Å²) in [4.78, 5) is 23.2. The third-order valence-corrected chi connectivity index (χ3v) is 5.40. The minimum Gasteiger partial charge on any atom is -0.481 e. The van der Waals surface area contributed by atoms with Gasteiger partial charge >= 0.3 is 5.97 Å². The number of aromatic nitrogens is 2. The standard InChI is InChI=1S/C20H25N3O2/c24-18(25)12-13-23(15-6-2-1-3-7-15)20-16-8-4-5-9-17(16)21-19(22-20)14-10-11-14/h4-5,8-9,14-15H,1-3,6-7,10-13H2,(H,24,25). The molecular weight excluding hydrogens is 314 g/mol. The first-order chi connectivity index (χ1) is 12.2. The second-order valence-electron chi connectivity index (χ2n) is 7.33. The average molecular weight is 339 g/mol. The lowest BCUT2D eigenvalue weighted by atomic mass is 9.93. The molecule has 1 aromatic carbocycles. The Labute approximate surface area is 148 Å². The summed E-state index contributed by atoms with van der Waals surface area (Å²) in [5.74, 6) is 1.61. The van der Waals surface area contributed by atoms with E-state index in [1.54, 1.807) is 0 Å². The summed E-state index contributed by atoms with van der Waals surface area (Å²) in [5.41, 5.74) is 0.977. The Morgan fingerprint density at radius 1 is 1.08 bits per heavy atom. The maximum absolute atomic E-state index is 11.2. The highest BCUT2D eigenvalue weighted by molar-refractivity contribution is 5.90. The van der Waals surface area contributed by atoms with Crippen LogP contribution in [0.2, 0.25) is 0 Å². The largest absolute Gasteiger partial charge is 0.481 e. The number of carboxylic acid groups (broad SMARTS) is 1. The van der Waals surface area contributed by atoms with Gasteiger partial charge in [-0.05, 0) is 37.8 Å². The Kier molecular flexibility index (Phi) is 4.55. The van der Waals surface area contributed by atoms with Gasteiger partial charge in [-0.25, -0.2) is 9.97 Å². The molecule has 5 heteroatoms. The number of hydrogen-bond acceptors (Lipinski definition) is 4. The van der Waals surface area contributed by atoms with Crippen molar-refractivity contribution in [3.63, 3.8) is 0 Å². The van der Waals surface area contributed by atoms with Gasteiger partial charge in [-0.2, -0.15) is 0 Å². The Morgan fingerprint density at radius 2 is 1.84 bits per heavy atom. The van der Waals surface area contributed by atoms with Crippen molar-refractivity contribution in [1.29, 1.82) is 0 Å². The van der Waals surface area contributed by atoms with Gasteiger partial charge in [0.25, 0.3) is 0 Å². The van der Waals surface area contributed by atoms with Crippen LogP contribution in [0.1, 0.15) is 63.1 Å². The molecule has 2 fully saturated rings. The third kappa shape index (κ3) is 3.60. The summed E-state index contributed by atoms with van der Waals surface area (Å²) in [6, 6.07) is 8.53. The van der Waals surface area contributed by atoms with Gasteiger partial charge < -0.3 is 10.0 Å². The van der Waals surface area contributed by atoms with E-state index in [4.69, 9.17) is 9.97 Å². The molecule has 25 heavy (non-hydrogen) atoms. The minimum absolute atomic E-state index is 0.146. The van der Waals surface area contributed by atoms with Crippen LogP contribution in [0.15, 0.2) is 24.3 Å². The molecule has 0 bridgehead atoms. The summed E-state index contributed by atoms with van der Waals surface area (Å²) in [7, 11) is 0. The van der Waals surface area contributed by atoms with E-state index in [1.807, 2.05) is 18.2 Å². The van der Waals surface area contributed by atoms with Crippen molar-refractivity contribution >= 4 is 22.7 Å². The molecule has 2 aromatic rings. The number of nitrogens with zero attached hydrogens (tertiary/aromatic N) is 3. The molecular formula is C20H25N3O2. The van der Waals surface area contributed by atoms with E-state index < -0.39 is 5.97 Å². The maximum Gasteiger partial charge on any atom is 0.305 e. The summed E-state index contributed by atoms with van der Waals surface area (Å²) in [6.07, 6.45) is 8.42. The molecule has 0 aliphatic heterocycles. The van der Waals surface area contributed by atoms with Crippen molar-refractivity contribution in [3.05, 3.63) is 30.1 Å². The zero-order chi connectivity index (χ0) is 17.2. The number of carboxylic acids is 1. The van der Waals surface area contributed by atoms with E-state index >= 15 is 0 Å². The van der Waals surface area contributed by atoms with Gasteiger partial charge in [-0.3, -0.25) is 4.79 Å². The molecule has 0 unspecified atom stereocenters. The van der Waals surface area contributed by atoms with Gasteiger partial charge in [-0.15, -0.1) is 0 Å². The predicted octanol–water partition coefficient (Wildman–Crippen LogP) is 4.12. The first-order valence-electron chi connectivity index (χ1n) is 9.47. The third-order valence-electron chi connectivity index (χ3n) is 5.40. The van der Waals surface area contributed by atoms with E-state index in [0.717, 1.165) is 48.2 Å². The fourth-order valence-electron chi connectivity index (χ4n) is 3.89. The summed E-state index contributed by atoms with van der Waals surface area (Å²) in [6.45, 7) is 0.519. The summed E-state index contributed by atoms with van der Waals surface area (Å²) >= 11 is 0. The normalized spacial score (nSPS) is 18.4. The van der Waals surface area contributed by atoms with Gasteiger partial charge in [0, 0.05) is 23.9 Å². The smallest absolute Gasteiger partial charge is 0.305 e. The van der Waals surface area contributed by atoms with Crippen LogP contribution < -0.4 is 4.90 Å². The van der Waals surface area contributed by atoms with Crippen LogP contribution in [-0.4, -0.2) is 33.6 Å². The van der Waals surface area contributed by atoms with Crippen LogP contribution in [0.25, 0.3) is 10.9 Å². The number of hydrogen-bond donors (Lipinski definition) is 1. The first-order valence-corrected chi connectivity index (χ1v) is 9.47. The van der Waals surface area contributed by atoms with Crippen LogP contribution in [0, 0.1) is 0 Å². The highest BCUT2D eigenvalue weighted by Gasteiger charge is 2.30. The fourth-order valence-corrected chi connectivity index (χ4v) is 3.89. The molecule has 1 aromatic heterocycles. The molecule has 5 nitrogen and oxygen atoms in total. The molecule has 0 radical (unpaired) electrons. The number of aliphatic carboxylic acids is 1. The van der Waals surface area contributed by atoms with Gasteiger partial charge in [0.1, 0.15) is 11.6 Å². The minimum atomic E-state index is -0.749. The lowest BCUT2D eigenvalue weighted by Gasteiger charge is -2.35. The zero-order valence-electron chi connectivity index (χ0n) is 14.5. The lowest BCUT2D eigenvalue weighted by Crippen LogP contribution is -2.39. The molecule has 1 heterocycles.